The number of hydrogen-bond acceptors (Lipinski definition) is 2. The maximum Gasteiger partial charge on any atom is 0.229 e. The van der Waals surface area contributed by atoms with Crippen LogP contribution >= 0.6 is 12.4 Å². The molecule has 1 rings (SSSR count). The van der Waals surface area contributed by atoms with Crippen molar-refractivity contribution in [3.8, 4) is 0 Å². The van der Waals surface area contributed by atoms with Crippen LogP contribution in [0.25, 0.3) is 0 Å². The van der Waals surface area contributed by atoms with Crippen molar-refractivity contribution >= 4 is 18.3 Å². The molecule has 1 amide bonds. The van der Waals surface area contributed by atoms with Gasteiger partial charge in [-0.25, -0.2) is 4.39 Å². The predicted octanol–water partition coefficient (Wildman–Crippen LogP) is 2.19. The first-order valence-electron chi connectivity index (χ1n) is 5.57. The molecule has 18 heavy (non-hydrogen) atoms. The van der Waals surface area contributed by atoms with Gasteiger partial charge in [-0.15, -0.1) is 12.4 Å². The molecule has 3 nitrogen and oxygen atoms in total. The average molecular weight is 275 g/mol. The van der Waals surface area contributed by atoms with Gasteiger partial charge in [-0.3, -0.25) is 4.79 Å². The van der Waals surface area contributed by atoms with E-state index < -0.39 is 5.41 Å². The molecule has 102 valence electrons. The molecule has 0 bridgehead atoms. The highest BCUT2D eigenvalue weighted by molar-refractivity contribution is 5.85. The van der Waals surface area contributed by atoms with Gasteiger partial charge in [0.2, 0.25) is 5.91 Å². The normalized spacial score (nSPS) is 10.7. The van der Waals surface area contributed by atoms with Crippen LogP contribution in [-0.2, 0) is 11.3 Å². The predicted molar refractivity (Wildman–Crippen MR) is 73.0 cm³/mol. The molecule has 2 N–H and O–H groups in total. The second kappa shape index (κ2) is 6.71. The summed E-state index contributed by atoms with van der Waals surface area (Å²) in [5.74, 6) is -0.283. The lowest BCUT2D eigenvalue weighted by Crippen LogP contribution is -2.42. The van der Waals surface area contributed by atoms with Crippen LogP contribution in [-0.4, -0.2) is 24.4 Å². The van der Waals surface area contributed by atoms with Crippen molar-refractivity contribution in [2.45, 2.75) is 20.4 Å². The fraction of sp³-hybridized carbons (Fsp3) is 0.462. The third-order valence-electron chi connectivity index (χ3n) is 2.77. The van der Waals surface area contributed by atoms with Crippen LogP contribution < -0.4 is 5.73 Å². The van der Waals surface area contributed by atoms with E-state index in [4.69, 9.17) is 5.73 Å². The summed E-state index contributed by atoms with van der Waals surface area (Å²) in [7, 11) is 1.73. The molecule has 0 atom stereocenters. The Kier molecular flexibility index (Phi) is 6.29. The molecule has 0 aliphatic carbocycles. The van der Waals surface area contributed by atoms with E-state index in [1.165, 1.54) is 12.1 Å². The van der Waals surface area contributed by atoms with E-state index in [2.05, 4.69) is 0 Å². The second-order valence-electron chi connectivity index (χ2n) is 4.88. The van der Waals surface area contributed by atoms with Crippen LogP contribution in [0.3, 0.4) is 0 Å². The van der Waals surface area contributed by atoms with Crippen LogP contribution in [0, 0.1) is 11.2 Å². The molecule has 5 heteroatoms. The molecule has 0 saturated heterocycles. The van der Waals surface area contributed by atoms with Gasteiger partial charge in [0.1, 0.15) is 5.82 Å². The van der Waals surface area contributed by atoms with Crippen molar-refractivity contribution in [1.29, 1.82) is 0 Å². The third-order valence-corrected chi connectivity index (χ3v) is 2.77. The van der Waals surface area contributed by atoms with Gasteiger partial charge >= 0.3 is 0 Å². The Morgan fingerprint density at radius 2 is 1.83 bits per heavy atom. The van der Waals surface area contributed by atoms with E-state index in [0.717, 1.165) is 5.56 Å². The maximum atomic E-state index is 12.7. The summed E-state index contributed by atoms with van der Waals surface area (Å²) in [4.78, 5) is 13.7. The Morgan fingerprint density at radius 3 is 2.28 bits per heavy atom. The highest BCUT2D eigenvalue weighted by Gasteiger charge is 2.28. The number of nitrogens with two attached hydrogens (primary N) is 1. The first kappa shape index (κ1) is 16.9. The highest BCUT2D eigenvalue weighted by Crippen LogP contribution is 2.17. The number of benzene rings is 1. The molecule has 0 heterocycles. The van der Waals surface area contributed by atoms with Crippen LogP contribution in [0.2, 0.25) is 0 Å². The summed E-state index contributed by atoms with van der Waals surface area (Å²) in [5, 5.41) is 0. The van der Waals surface area contributed by atoms with Crippen molar-refractivity contribution in [3.63, 3.8) is 0 Å². The van der Waals surface area contributed by atoms with Gasteiger partial charge in [-0.1, -0.05) is 12.1 Å². The van der Waals surface area contributed by atoms with Gasteiger partial charge in [0, 0.05) is 20.1 Å². The lowest BCUT2D eigenvalue weighted by Gasteiger charge is -2.28. The van der Waals surface area contributed by atoms with Crippen molar-refractivity contribution in [2.75, 3.05) is 13.6 Å². The van der Waals surface area contributed by atoms with E-state index in [1.54, 1.807) is 24.1 Å². The number of carbonyl (C=O) groups excluding carboxylic acids is 1. The molecule has 0 fully saturated rings. The zero-order valence-electron chi connectivity index (χ0n) is 10.9. The number of nitrogens with zero attached hydrogens (tertiary/aromatic N) is 1. The second-order valence-corrected chi connectivity index (χ2v) is 4.88. The first-order chi connectivity index (χ1) is 7.86. The number of amides is 1. The van der Waals surface area contributed by atoms with Crippen molar-refractivity contribution in [3.05, 3.63) is 35.6 Å². The van der Waals surface area contributed by atoms with Gasteiger partial charge in [0.15, 0.2) is 0 Å². The van der Waals surface area contributed by atoms with Crippen LogP contribution in [0.1, 0.15) is 19.4 Å². The van der Waals surface area contributed by atoms with Crippen LogP contribution in [0.15, 0.2) is 24.3 Å². The zero-order valence-corrected chi connectivity index (χ0v) is 11.8. The van der Waals surface area contributed by atoms with Crippen LogP contribution in [0.5, 0.6) is 0 Å². The summed E-state index contributed by atoms with van der Waals surface area (Å²) in [5.41, 5.74) is 5.90. The Hall–Kier alpha value is -1.13. The summed E-state index contributed by atoms with van der Waals surface area (Å²) in [6.45, 7) is 4.40. The molecule has 0 aromatic heterocycles. The summed E-state index contributed by atoms with van der Waals surface area (Å²) in [6.07, 6.45) is 0. The average Bonchev–Trinajstić information content (AvgIpc) is 2.31. The number of halogens is 2. The quantitative estimate of drug-likeness (QED) is 0.915. The molecule has 0 radical (unpaired) electrons. The monoisotopic (exact) mass is 274 g/mol. The van der Waals surface area contributed by atoms with E-state index in [1.807, 2.05) is 13.8 Å². The fourth-order valence-corrected chi connectivity index (χ4v) is 1.54. The molecule has 0 unspecified atom stereocenters. The lowest BCUT2D eigenvalue weighted by molar-refractivity contribution is -0.139. The van der Waals surface area contributed by atoms with Crippen molar-refractivity contribution in [2.24, 2.45) is 11.1 Å². The Bertz CT molecular complexity index is 392. The molecule has 0 saturated carbocycles. The molecule has 1 aromatic carbocycles. The van der Waals surface area contributed by atoms with E-state index >= 15 is 0 Å². The molecule has 1 aromatic rings. The maximum absolute atomic E-state index is 12.7. The number of carbonyl (C=O) groups is 1. The van der Waals surface area contributed by atoms with E-state index in [9.17, 15) is 9.18 Å². The zero-order chi connectivity index (χ0) is 13.1. The third kappa shape index (κ3) is 4.27. The summed E-state index contributed by atoms with van der Waals surface area (Å²) >= 11 is 0. The lowest BCUT2D eigenvalue weighted by atomic mass is 9.92. The minimum atomic E-state index is -0.561. The van der Waals surface area contributed by atoms with Gasteiger partial charge < -0.3 is 10.6 Å². The van der Waals surface area contributed by atoms with Crippen molar-refractivity contribution in [1.82, 2.24) is 4.90 Å². The van der Waals surface area contributed by atoms with E-state index in [0.29, 0.717) is 13.1 Å². The molecule has 0 spiro atoms. The van der Waals surface area contributed by atoms with Gasteiger partial charge in [-0.05, 0) is 31.5 Å². The minimum Gasteiger partial charge on any atom is -0.341 e. The SMILES string of the molecule is CN(Cc1ccc(F)cc1)C(=O)C(C)(C)CN.Cl. The van der Waals surface area contributed by atoms with Gasteiger partial charge in [0.25, 0.3) is 0 Å². The molecular formula is C13H20ClFN2O. The Balaban J connectivity index is 0.00000289. The topological polar surface area (TPSA) is 46.3 Å². The standard InChI is InChI=1S/C13H19FN2O.ClH/c1-13(2,9-15)12(17)16(3)8-10-4-6-11(14)7-5-10;/h4-7H,8-9,15H2,1-3H3;1H. The van der Waals surface area contributed by atoms with Gasteiger partial charge in [0.05, 0.1) is 5.41 Å². The minimum absolute atomic E-state index is 0. The largest absolute Gasteiger partial charge is 0.341 e. The molecule has 0 aliphatic heterocycles. The van der Waals surface area contributed by atoms with E-state index in [-0.39, 0.29) is 24.1 Å². The Labute approximate surface area is 114 Å². The van der Waals surface area contributed by atoms with Crippen molar-refractivity contribution < 1.29 is 9.18 Å². The highest BCUT2D eigenvalue weighted by atomic mass is 35.5. The van der Waals surface area contributed by atoms with Gasteiger partial charge in [-0.2, -0.15) is 0 Å². The van der Waals surface area contributed by atoms with Crippen LogP contribution in [0.4, 0.5) is 4.39 Å². The Morgan fingerprint density at radius 1 is 1.33 bits per heavy atom. The summed E-state index contributed by atoms with van der Waals surface area (Å²) in [6, 6.07) is 6.13. The molecular weight excluding hydrogens is 255 g/mol. The summed E-state index contributed by atoms with van der Waals surface area (Å²) < 4.78 is 12.7. The molecule has 0 aliphatic rings. The smallest absolute Gasteiger partial charge is 0.229 e. The fourth-order valence-electron chi connectivity index (χ4n) is 1.54. The number of hydrogen-bond donors (Lipinski definition) is 1. The first-order valence-corrected chi connectivity index (χ1v) is 5.57. The number of rotatable bonds is 4.